The smallest absolute Gasteiger partial charge is 0.324 e. The number of thioether (sulfide) groups is 2. The molecule has 4 N–H and O–H groups in total. The third-order valence-electron chi connectivity index (χ3n) is 1.93. The summed E-state index contributed by atoms with van der Waals surface area (Å²) >= 11 is 2.93. The van der Waals surface area contributed by atoms with E-state index in [4.69, 9.17) is 19.6 Å². The van der Waals surface area contributed by atoms with E-state index in [0.29, 0.717) is 11.2 Å². The minimum Gasteiger partial charge on any atom is -0.324 e. The zero-order chi connectivity index (χ0) is 15.1. The van der Waals surface area contributed by atoms with Crippen LogP contribution in [0.15, 0.2) is 0 Å². The molecule has 0 fully saturated rings. The van der Waals surface area contributed by atoms with E-state index in [1.807, 2.05) is 0 Å². The summed E-state index contributed by atoms with van der Waals surface area (Å²) in [6.45, 7) is 0. The van der Waals surface area contributed by atoms with Gasteiger partial charge < -0.3 is 19.6 Å². The van der Waals surface area contributed by atoms with Crippen LogP contribution in [0.2, 0.25) is 0 Å². The molecule has 0 saturated heterocycles. The molecule has 0 heterocycles. The summed E-state index contributed by atoms with van der Waals surface area (Å²) in [5.41, 5.74) is 0. The van der Waals surface area contributed by atoms with Crippen molar-refractivity contribution >= 4 is 57.2 Å². The molecule has 0 rings (SSSR count). The molecule has 0 radical (unpaired) electrons. The van der Waals surface area contributed by atoms with E-state index >= 15 is 0 Å². The Balaban J connectivity index is 3.91. The molecule has 0 aliphatic carbocycles. The van der Waals surface area contributed by atoms with Gasteiger partial charge in [-0.25, -0.2) is 0 Å². The maximum absolute atomic E-state index is 11.0. The fourth-order valence-electron chi connectivity index (χ4n) is 1.06. The third-order valence-corrected chi connectivity index (χ3v) is 9.65. The fourth-order valence-corrected chi connectivity index (χ4v) is 7.33. The van der Waals surface area contributed by atoms with Crippen molar-refractivity contribution in [1.82, 2.24) is 0 Å². The first kappa shape index (κ1) is 20.9. The minimum atomic E-state index is -4.77. The second-order valence-corrected chi connectivity index (χ2v) is 12.6. The van der Waals surface area contributed by atoms with Crippen LogP contribution in [0.1, 0.15) is 6.42 Å². The number of hydrogen-bond acceptors (Lipinski definition) is 4. The molecule has 0 bridgehead atoms. The molecule has 0 saturated carbocycles. The molecular weight excluding hydrogens is 368 g/mol. The number of hydrogen-bond donors (Lipinski definition) is 4. The highest BCUT2D eigenvalue weighted by molar-refractivity contribution is 8.00. The Morgan fingerprint density at radius 2 is 1.32 bits per heavy atom. The Hall–Kier alpha value is 1.86. The summed E-state index contributed by atoms with van der Waals surface area (Å²) in [6.07, 6.45) is 0.840. The standard InChI is InChI=1S/C7H20O6P4S2/c8-16(9,10)7(17(11,12)13)5-19-3-1-2-18-4-6(14)15/h6-7H,1-5,14-15H2,(H2,8,9,10)(H2,11,12,13). The molecule has 0 aromatic rings. The van der Waals surface area contributed by atoms with Crippen LogP contribution < -0.4 is 0 Å². The lowest BCUT2D eigenvalue weighted by molar-refractivity contribution is 0.343. The summed E-state index contributed by atoms with van der Waals surface area (Å²) in [7, 11) is -4.20. The van der Waals surface area contributed by atoms with E-state index in [-0.39, 0.29) is 5.75 Å². The van der Waals surface area contributed by atoms with Crippen molar-refractivity contribution in [2.75, 3.05) is 23.0 Å². The van der Waals surface area contributed by atoms with Gasteiger partial charge in [-0.1, -0.05) is 0 Å². The van der Waals surface area contributed by atoms with Crippen molar-refractivity contribution in [2.45, 2.75) is 17.2 Å². The molecule has 0 amide bonds. The summed E-state index contributed by atoms with van der Waals surface area (Å²) in [5.74, 6) is 2.31. The average molecular weight is 388 g/mol. The lowest BCUT2D eigenvalue weighted by atomic mass is 10.6. The van der Waals surface area contributed by atoms with Gasteiger partial charge in [-0.15, -0.1) is 18.5 Å². The molecular formula is C7H20O6P4S2. The molecule has 19 heavy (non-hydrogen) atoms. The van der Waals surface area contributed by atoms with Gasteiger partial charge in [-0.3, -0.25) is 9.13 Å². The Labute approximate surface area is 126 Å². The van der Waals surface area contributed by atoms with Gasteiger partial charge in [0.15, 0.2) is 5.40 Å². The van der Waals surface area contributed by atoms with Crippen molar-refractivity contribution in [1.29, 1.82) is 0 Å². The van der Waals surface area contributed by atoms with Crippen molar-refractivity contribution < 1.29 is 28.7 Å². The van der Waals surface area contributed by atoms with Crippen molar-refractivity contribution in [3.05, 3.63) is 0 Å². The van der Waals surface area contributed by atoms with E-state index in [0.717, 1.165) is 17.9 Å². The van der Waals surface area contributed by atoms with Gasteiger partial charge in [0.05, 0.1) is 0 Å². The van der Waals surface area contributed by atoms with Crippen molar-refractivity contribution in [3.8, 4) is 0 Å². The first-order valence-corrected chi connectivity index (χ1v) is 12.3. The molecule has 0 aliphatic rings. The van der Waals surface area contributed by atoms with Gasteiger partial charge in [-0.05, 0) is 23.3 Å². The molecule has 6 nitrogen and oxygen atoms in total. The lowest BCUT2D eigenvalue weighted by Crippen LogP contribution is -2.12. The predicted molar refractivity (Wildman–Crippen MR) is 90.4 cm³/mol. The summed E-state index contributed by atoms with van der Waals surface area (Å²) in [4.78, 5) is 35.6. The second-order valence-electron chi connectivity index (χ2n) is 3.83. The molecule has 0 aromatic heterocycles. The molecule has 0 spiro atoms. The van der Waals surface area contributed by atoms with E-state index < -0.39 is 20.6 Å². The highest BCUT2D eigenvalue weighted by Gasteiger charge is 2.42. The largest absolute Gasteiger partial charge is 0.341 e. The van der Waals surface area contributed by atoms with Gasteiger partial charge in [0.25, 0.3) is 0 Å². The third kappa shape index (κ3) is 11.1. The Morgan fingerprint density at radius 3 is 1.68 bits per heavy atom. The zero-order valence-electron chi connectivity index (χ0n) is 10.2. The monoisotopic (exact) mass is 388 g/mol. The van der Waals surface area contributed by atoms with Gasteiger partial charge in [0.1, 0.15) is 0 Å². The minimum absolute atomic E-state index is 0.227. The highest BCUT2D eigenvalue weighted by Crippen LogP contribution is 2.60. The van der Waals surface area contributed by atoms with Crippen LogP contribution in [0.5, 0.6) is 0 Å². The van der Waals surface area contributed by atoms with Crippen LogP contribution >= 0.6 is 57.2 Å². The van der Waals surface area contributed by atoms with Crippen LogP contribution in [-0.2, 0) is 9.13 Å². The van der Waals surface area contributed by atoms with Crippen molar-refractivity contribution in [3.63, 3.8) is 0 Å². The van der Waals surface area contributed by atoms with Gasteiger partial charge in [0.2, 0.25) is 0 Å². The van der Waals surface area contributed by atoms with Crippen LogP contribution in [0.4, 0.5) is 0 Å². The normalized spacial score (nSPS) is 13.5. The lowest BCUT2D eigenvalue weighted by Gasteiger charge is -2.18. The zero-order valence-corrected chi connectivity index (χ0v) is 15.9. The predicted octanol–water partition coefficient (Wildman–Crippen LogP) is 1.60. The van der Waals surface area contributed by atoms with E-state index in [9.17, 15) is 9.13 Å². The van der Waals surface area contributed by atoms with Crippen molar-refractivity contribution in [2.24, 2.45) is 0 Å². The van der Waals surface area contributed by atoms with Gasteiger partial charge >= 0.3 is 15.2 Å². The quantitative estimate of drug-likeness (QED) is 0.330. The van der Waals surface area contributed by atoms with Crippen LogP contribution in [0.3, 0.4) is 0 Å². The topological polar surface area (TPSA) is 115 Å². The van der Waals surface area contributed by atoms with Gasteiger partial charge in [-0.2, -0.15) is 23.5 Å². The first-order valence-electron chi connectivity index (χ1n) is 5.32. The number of rotatable bonds is 10. The molecule has 0 aromatic carbocycles. The second kappa shape index (κ2) is 9.79. The molecule has 0 aliphatic heterocycles. The van der Waals surface area contributed by atoms with E-state index in [1.165, 1.54) is 11.8 Å². The maximum Gasteiger partial charge on any atom is 0.341 e. The van der Waals surface area contributed by atoms with E-state index in [1.54, 1.807) is 11.8 Å². The summed E-state index contributed by atoms with van der Waals surface area (Å²) in [5, 5.41) is -1.42. The maximum atomic E-state index is 11.0. The fraction of sp³-hybridized carbons (Fsp3) is 1.00. The van der Waals surface area contributed by atoms with Crippen LogP contribution in [0, 0.1) is 0 Å². The SMILES string of the molecule is O=P(O)(O)C(CSCCCSCC(P)P)P(=O)(O)O. The molecule has 2 unspecified atom stereocenters. The Kier molecular flexibility index (Phi) is 10.8. The molecule has 12 heteroatoms. The first-order chi connectivity index (χ1) is 8.55. The van der Waals surface area contributed by atoms with Crippen LogP contribution in [-0.4, -0.2) is 53.4 Å². The molecule has 2 atom stereocenters. The Bertz CT molecular complexity index is 320. The van der Waals surface area contributed by atoms with Crippen LogP contribution in [0.25, 0.3) is 0 Å². The average Bonchev–Trinajstić information content (AvgIpc) is 2.17. The molecule has 116 valence electrons. The Morgan fingerprint density at radius 1 is 0.895 bits per heavy atom. The summed E-state index contributed by atoms with van der Waals surface area (Å²) < 4.78 is 22.0. The van der Waals surface area contributed by atoms with Gasteiger partial charge in [0, 0.05) is 11.5 Å². The summed E-state index contributed by atoms with van der Waals surface area (Å²) in [6, 6.07) is 0. The highest BCUT2D eigenvalue weighted by atomic mass is 32.2. The van der Waals surface area contributed by atoms with E-state index in [2.05, 4.69) is 18.5 Å².